The van der Waals surface area contributed by atoms with Gasteiger partial charge < -0.3 is 19.7 Å². The fraction of sp³-hybridized carbons (Fsp3) is 0.304. The summed E-state index contributed by atoms with van der Waals surface area (Å²) in [6, 6.07) is 19.6. The summed E-state index contributed by atoms with van der Waals surface area (Å²) >= 11 is 0. The minimum Gasteiger partial charge on any atom is -0.466 e. The monoisotopic (exact) mass is 393 g/mol. The van der Waals surface area contributed by atoms with Crippen molar-refractivity contribution in [1.82, 2.24) is 10.2 Å². The van der Waals surface area contributed by atoms with Crippen LogP contribution in [0.25, 0.3) is 0 Å². The van der Waals surface area contributed by atoms with Gasteiger partial charge in [-0.15, -0.1) is 0 Å². The largest absolute Gasteiger partial charge is 0.466 e. The van der Waals surface area contributed by atoms with Crippen LogP contribution in [-0.2, 0) is 20.8 Å². The molecule has 3 rings (SSSR count). The van der Waals surface area contributed by atoms with Crippen molar-refractivity contribution in [3.8, 4) is 0 Å². The minimum atomic E-state index is -0.349. The number of nitrogens with zero attached hydrogens (tertiary/aromatic N) is 2. The summed E-state index contributed by atoms with van der Waals surface area (Å²) < 4.78 is 10.3. The minimum absolute atomic E-state index is 0.336. The molecule has 0 fully saturated rings. The maximum Gasteiger partial charge on any atom is 0.337 e. The highest BCUT2D eigenvalue weighted by Crippen LogP contribution is 2.32. The first-order valence-corrected chi connectivity index (χ1v) is 9.61. The van der Waals surface area contributed by atoms with Gasteiger partial charge in [0.2, 0.25) is 0 Å². The Morgan fingerprint density at radius 3 is 2.34 bits per heavy atom. The molecule has 1 aliphatic rings. The molecular weight excluding hydrogens is 366 g/mol. The van der Waals surface area contributed by atoms with Crippen LogP contribution in [0.2, 0.25) is 0 Å². The average molecular weight is 393 g/mol. The van der Waals surface area contributed by atoms with Crippen LogP contribution < -0.4 is 5.32 Å². The lowest BCUT2D eigenvalue weighted by atomic mass is 9.94. The number of ether oxygens (including phenoxy) is 2. The van der Waals surface area contributed by atoms with E-state index in [1.807, 2.05) is 60.4 Å². The highest BCUT2D eigenvalue weighted by molar-refractivity contribution is 5.96. The number of nitrogens with one attached hydrogen (secondary N) is 1. The van der Waals surface area contributed by atoms with Gasteiger partial charge in [0.1, 0.15) is 0 Å². The molecule has 152 valence electrons. The molecule has 1 N–H and O–H groups in total. The molecule has 1 atom stereocenters. The number of guanidine groups is 1. The molecule has 0 spiro atoms. The molecule has 0 bridgehead atoms. The lowest BCUT2D eigenvalue weighted by Crippen LogP contribution is -2.48. The number of allylic oxidation sites excluding steroid dienone is 1. The van der Waals surface area contributed by atoms with E-state index in [9.17, 15) is 4.79 Å². The van der Waals surface area contributed by atoms with Gasteiger partial charge in [0, 0.05) is 12.8 Å². The summed E-state index contributed by atoms with van der Waals surface area (Å²) in [7, 11) is 3.07. The van der Waals surface area contributed by atoms with Crippen LogP contribution in [0.1, 0.15) is 24.1 Å². The number of aliphatic imine (C=N–C) groups is 1. The van der Waals surface area contributed by atoms with Crippen molar-refractivity contribution in [3.05, 3.63) is 83.1 Å². The first-order valence-electron chi connectivity index (χ1n) is 9.61. The van der Waals surface area contributed by atoms with E-state index in [0.29, 0.717) is 31.2 Å². The molecule has 0 aliphatic carbocycles. The van der Waals surface area contributed by atoms with E-state index in [-0.39, 0.29) is 12.0 Å². The number of hydrogen-bond donors (Lipinski definition) is 1. The van der Waals surface area contributed by atoms with E-state index in [1.54, 1.807) is 7.11 Å². The Morgan fingerprint density at radius 2 is 1.72 bits per heavy atom. The van der Waals surface area contributed by atoms with Crippen molar-refractivity contribution in [2.45, 2.75) is 19.5 Å². The Hall–Kier alpha value is -3.12. The average Bonchev–Trinajstić information content (AvgIpc) is 2.76. The van der Waals surface area contributed by atoms with E-state index in [1.165, 1.54) is 7.11 Å². The predicted molar refractivity (Wildman–Crippen MR) is 113 cm³/mol. The fourth-order valence-electron chi connectivity index (χ4n) is 3.40. The number of methoxy groups -OCH3 is 2. The first-order chi connectivity index (χ1) is 14.2. The Labute approximate surface area is 171 Å². The molecule has 6 heteroatoms. The highest BCUT2D eigenvalue weighted by atomic mass is 16.5. The fourth-order valence-corrected chi connectivity index (χ4v) is 3.40. The van der Waals surface area contributed by atoms with Gasteiger partial charge in [0.05, 0.1) is 38.4 Å². The molecule has 1 heterocycles. The summed E-state index contributed by atoms with van der Waals surface area (Å²) in [6.07, 6.45) is 0. The zero-order valence-electron chi connectivity index (χ0n) is 17.1. The quantitative estimate of drug-likeness (QED) is 0.578. The normalized spacial score (nSPS) is 18.0. The molecule has 6 nitrogen and oxygen atoms in total. The Bertz CT molecular complexity index is 879. The van der Waals surface area contributed by atoms with Crippen molar-refractivity contribution >= 4 is 11.9 Å². The zero-order valence-corrected chi connectivity index (χ0v) is 17.1. The van der Waals surface area contributed by atoms with Crippen LogP contribution >= 0.6 is 0 Å². The summed E-state index contributed by atoms with van der Waals surface area (Å²) in [4.78, 5) is 19.5. The second kappa shape index (κ2) is 9.89. The zero-order chi connectivity index (χ0) is 20.6. The van der Waals surface area contributed by atoms with Crippen LogP contribution in [-0.4, -0.2) is 44.2 Å². The number of benzene rings is 2. The third-order valence-electron chi connectivity index (χ3n) is 4.89. The molecule has 0 radical (unpaired) electrons. The molecule has 29 heavy (non-hydrogen) atoms. The third kappa shape index (κ3) is 4.84. The molecule has 2 aromatic rings. The maximum absolute atomic E-state index is 12.7. The van der Waals surface area contributed by atoms with Gasteiger partial charge in [-0.25, -0.2) is 4.79 Å². The van der Waals surface area contributed by atoms with Gasteiger partial charge in [-0.1, -0.05) is 60.7 Å². The summed E-state index contributed by atoms with van der Waals surface area (Å²) in [5.41, 5.74) is 3.51. The Kier molecular flexibility index (Phi) is 7.03. The van der Waals surface area contributed by atoms with Crippen LogP contribution in [0, 0.1) is 0 Å². The van der Waals surface area contributed by atoms with Crippen LogP contribution in [0.15, 0.2) is 76.9 Å². The van der Waals surface area contributed by atoms with Gasteiger partial charge in [0.25, 0.3) is 0 Å². The second-order valence-corrected chi connectivity index (χ2v) is 6.75. The lowest BCUT2D eigenvalue weighted by molar-refractivity contribution is -0.136. The summed E-state index contributed by atoms with van der Waals surface area (Å²) in [5, 5.41) is 3.46. The number of hydrogen-bond acceptors (Lipinski definition) is 4. The van der Waals surface area contributed by atoms with E-state index in [2.05, 4.69) is 17.4 Å². The predicted octanol–water partition coefficient (Wildman–Crippen LogP) is 3.28. The third-order valence-corrected chi connectivity index (χ3v) is 4.89. The van der Waals surface area contributed by atoms with Crippen LogP contribution in [0.4, 0.5) is 0 Å². The number of carbonyl (C=O) groups excluding carboxylic acids is 1. The van der Waals surface area contributed by atoms with E-state index < -0.39 is 0 Å². The molecule has 0 amide bonds. The number of esters is 1. The topological polar surface area (TPSA) is 63.2 Å². The van der Waals surface area contributed by atoms with Crippen molar-refractivity contribution in [2.24, 2.45) is 4.99 Å². The van der Waals surface area contributed by atoms with Gasteiger partial charge in [-0.3, -0.25) is 4.99 Å². The van der Waals surface area contributed by atoms with Crippen LogP contribution in [0.5, 0.6) is 0 Å². The SMILES string of the molecule is COCCN=C1N[C@@H](c2ccccc2)C(C(=O)OC)=C(C)N1Cc1ccccc1. The van der Waals surface area contributed by atoms with E-state index in [0.717, 1.165) is 16.8 Å². The molecule has 0 saturated heterocycles. The van der Waals surface area contributed by atoms with Gasteiger partial charge in [-0.05, 0) is 18.1 Å². The van der Waals surface area contributed by atoms with E-state index >= 15 is 0 Å². The molecule has 0 aromatic heterocycles. The van der Waals surface area contributed by atoms with Crippen molar-refractivity contribution < 1.29 is 14.3 Å². The molecule has 0 saturated carbocycles. The first kappa shape index (κ1) is 20.6. The Balaban J connectivity index is 2.07. The van der Waals surface area contributed by atoms with Crippen LogP contribution in [0.3, 0.4) is 0 Å². The second-order valence-electron chi connectivity index (χ2n) is 6.75. The highest BCUT2D eigenvalue weighted by Gasteiger charge is 2.35. The van der Waals surface area contributed by atoms with Crippen molar-refractivity contribution in [1.29, 1.82) is 0 Å². The number of carbonyl (C=O) groups is 1. The molecule has 0 unspecified atom stereocenters. The summed E-state index contributed by atoms with van der Waals surface area (Å²) in [6.45, 7) is 3.57. The number of rotatable bonds is 7. The molecule has 2 aromatic carbocycles. The molecular formula is C23H27N3O3. The maximum atomic E-state index is 12.7. The van der Waals surface area contributed by atoms with Gasteiger partial charge in [-0.2, -0.15) is 0 Å². The Morgan fingerprint density at radius 1 is 1.07 bits per heavy atom. The summed E-state index contributed by atoms with van der Waals surface area (Å²) in [5.74, 6) is 0.364. The van der Waals surface area contributed by atoms with Gasteiger partial charge in [0.15, 0.2) is 5.96 Å². The van der Waals surface area contributed by atoms with Crippen molar-refractivity contribution in [3.63, 3.8) is 0 Å². The molecule has 1 aliphatic heterocycles. The van der Waals surface area contributed by atoms with Gasteiger partial charge >= 0.3 is 5.97 Å². The van der Waals surface area contributed by atoms with E-state index in [4.69, 9.17) is 14.5 Å². The van der Waals surface area contributed by atoms with Crippen molar-refractivity contribution in [2.75, 3.05) is 27.4 Å². The lowest BCUT2D eigenvalue weighted by Gasteiger charge is -2.38. The smallest absolute Gasteiger partial charge is 0.337 e. The standard InChI is InChI=1S/C23H27N3O3/c1-17-20(22(27)29-3)21(19-12-8-5-9-13-19)25-23(24-14-15-28-2)26(17)16-18-10-6-4-7-11-18/h4-13,21H,14-16H2,1-3H3,(H,24,25)/t21-/m0/s1.